The van der Waals surface area contributed by atoms with Gasteiger partial charge in [-0.1, -0.05) is 30.3 Å². The highest BCUT2D eigenvalue weighted by atomic mass is 16.5. The van der Waals surface area contributed by atoms with Crippen molar-refractivity contribution in [2.24, 2.45) is 5.10 Å². The van der Waals surface area contributed by atoms with Gasteiger partial charge in [-0.2, -0.15) is 5.10 Å². The average molecular weight is 438 g/mol. The van der Waals surface area contributed by atoms with Gasteiger partial charge in [-0.3, -0.25) is 14.3 Å². The van der Waals surface area contributed by atoms with Crippen LogP contribution in [0.1, 0.15) is 29.2 Å². The number of aromatic nitrogens is 2. The van der Waals surface area contributed by atoms with Crippen LogP contribution >= 0.6 is 0 Å². The summed E-state index contributed by atoms with van der Waals surface area (Å²) in [5, 5.41) is 25.1. The molecular weight excluding hydrogens is 416 g/mol. The number of benzene rings is 2. The van der Waals surface area contributed by atoms with Crippen LogP contribution in [-0.4, -0.2) is 39.7 Å². The lowest BCUT2D eigenvalue weighted by molar-refractivity contribution is 0.338. The van der Waals surface area contributed by atoms with Crippen LogP contribution in [0.3, 0.4) is 0 Å². The predicted octanol–water partition coefficient (Wildman–Crippen LogP) is 1.45. The highest BCUT2D eigenvalue weighted by molar-refractivity contribution is 6.03. The molecule has 0 unspecified atom stereocenters. The maximum Gasteiger partial charge on any atom is 0.331 e. The van der Waals surface area contributed by atoms with Crippen molar-refractivity contribution in [2.45, 2.75) is 19.0 Å². The van der Waals surface area contributed by atoms with E-state index in [1.165, 1.54) is 14.2 Å². The quantitative estimate of drug-likeness (QED) is 0.457. The Morgan fingerprint density at radius 2 is 1.75 bits per heavy atom. The van der Waals surface area contributed by atoms with Gasteiger partial charge in [0.15, 0.2) is 11.5 Å². The zero-order chi connectivity index (χ0) is 22.8. The Bertz CT molecular complexity index is 1270. The van der Waals surface area contributed by atoms with E-state index in [9.17, 15) is 19.8 Å². The first-order valence-electron chi connectivity index (χ1n) is 9.80. The van der Waals surface area contributed by atoms with Crippen molar-refractivity contribution in [1.82, 2.24) is 15.0 Å². The van der Waals surface area contributed by atoms with Crippen LogP contribution in [0.2, 0.25) is 0 Å². The molecule has 4 N–H and O–H groups in total. The van der Waals surface area contributed by atoms with Crippen LogP contribution in [0.4, 0.5) is 0 Å². The zero-order valence-corrected chi connectivity index (χ0v) is 17.5. The lowest BCUT2D eigenvalue weighted by Crippen LogP contribution is -2.34. The largest absolute Gasteiger partial charge is 0.502 e. The molecule has 10 heteroatoms. The molecule has 1 aliphatic rings. The summed E-state index contributed by atoms with van der Waals surface area (Å²) < 4.78 is 11.5. The standard InChI is InChI=1S/C22H22N4O6/c1-31-16-8-13(9-17(32-2)19(16)27)14-10-15(25-24-14)18-20(28)23-22(30)26(21(18)29)11-12-6-4-3-5-7-12/h3-9,14,24,27,29H,10-11H2,1-2H3,(H,23,28,30)/t14-/m0/s1. The smallest absolute Gasteiger partial charge is 0.331 e. The summed E-state index contributed by atoms with van der Waals surface area (Å²) in [5.41, 5.74) is 3.19. The Morgan fingerprint density at radius 3 is 2.38 bits per heavy atom. The molecule has 0 amide bonds. The Labute approximate surface area is 182 Å². The fraction of sp³-hybridized carbons (Fsp3) is 0.227. The lowest BCUT2D eigenvalue weighted by atomic mass is 9.99. The number of hydrogen-bond acceptors (Lipinski definition) is 8. The van der Waals surface area contributed by atoms with Crippen molar-refractivity contribution in [2.75, 3.05) is 14.2 Å². The van der Waals surface area contributed by atoms with Crippen molar-refractivity contribution in [3.05, 3.63) is 80.0 Å². The normalized spacial score (nSPS) is 15.2. The molecule has 2 heterocycles. The van der Waals surface area contributed by atoms with Crippen LogP contribution < -0.4 is 26.1 Å². The molecule has 166 valence electrons. The molecule has 0 bridgehead atoms. The minimum absolute atomic E-state index is 0.0757. The van der Waals surface area contributed by atoms with Crippen LogP contribution in [0.15, 0.2) is 57.2 Å². The second-order valence-electron chi connectivity index (χ2n) is 7.25. The number of hydrazone groups is 1. The summed E-state index contributed by atoms with van der Waals surface area (Å²) in [4.78, 5) is 27.1. The molecule has 0 aliphatic carbocycles. The number of phenolic OH excluding ortho intramolecular Hbond substituents is 1. The summed E-state index contributed by atoms with van der Waals surface area (Å²) >= 11 is 0. The van der Waals surface area contributed by atoms with E-state index in [1.807, 2.05) is 30.3 Å². The first-order valence-corrected chi connectivity index (χ1v) is 9.80. The molecule has 0 saturated carbocycles. The van der Waals surface area contributed by atoms with Gasteiger partial charge in [-0.05, 0) is 23.3 Å². The molecule has 1 atom stereocenters. The molecule has 1 aliphatic heterocycles. The second kappa shape index (κ2) is 8.50. The van der Waals surface area contributed by atoms with Crippen molar-refractivity contribution in [3.8, 4) is 23.1 Å². The fourth-order valence-electron chi connectivity index (χ4n) is 3.64. The molecule has 0 fully saturated rings. The number of methoxy groups -OCH3 is 2. The number of ether oxygens (including phenoxy) is 2. The van der Waals surface area contributed by atoms with Gasteiger partial charge in [-0.15, -0.1) is 0 Å². The van der Waals surface area contributed by atoms with E-state index in [4.69, 9.17) is 9.47 Å². The van der Waals surface area contributed by atoms with Gasteiger partial charge >= 0.3 is 5.69 Å². The van der Waals surface area contributed by atoms with Crippen molar-refractivity contribution in [3.63, 3.8) is 0 Å². The summed E-state index contributed by atoms with van der Waals surface area (Å²) in [6.45, 7) is 0.0891. The minimum atomic E-state index is -0.723. The van der Waals surface area contributed by atoms with Crippen molar-refractivity contribution in [1.29, 1.82) is 0 Å². The van der Waals surface area contributed by atoms with Gasteiger partial charge in [0.25, 0.3) is 5.56 Å². The maximum absolute atomic E-state index is 12.5. The van der Waals surface area contributed by atoms with E-state index in [0.29, 0.717) is 11.3 Å². The fourth-order valence-corrected chi connectivity index (χ4v) is 3.64. The summed E-state index contributed by atoms with van der Waals surface area (Å²) in [7, 11) is 2.85. The number of nitrogens with one attached hydrogen (secondary N) is 2. The SMILES string of the molecule is COc1cc([C@@H]2CC(c3c(O)n(Cc4ccccc4)c(=O)[nH]c3=O)=NN2)cc(OC)c1O. The highest BCUT2D eigenvalue weighted by Crippen LogP contribution is 2.40. The van der Waals surface area contributed by atoms with Crippen LogP contribution in [-0.2, 0) is 6.54 Å². The Morgan fingerprint density at radius 1 is 1.09 bits per heavy atom. The van der Waals surface area contributed by atoms with E-state index in [1.54, 1.807) is 12.1 Å². The third-order valence-corrected chi connectivity index (χ3v) is 5.30. The van der Waals surface area contributed by atoms with Crippen LogP contribution in [0.25, 0.3) is 0 Å². The van der Waals surface area contributed by atoms with Gasteiger partial charge < -0.3 is 25.1 Å². The number of aromatic hydroxyl groups is 2. The Hall–Kier alpha value is -4.21. The zero-order valence-electron chi connectivity index (χ0n) is 17.5. The number of hydrogen-bond donors (Lipinski definition) is 4. The Balaban J connectivity index is 1.67. The van der Waals surface area contributed by atoms with E-state index in [-0.39, 0.29) is 41.8 Å². The molecule has 0 spiro atoms. The summed E-state index contributed by atoms with van der Waals surface area (Å²) in [5.74, 6) is -0.122. The van der Waals surface area contributed by atoms with Crippen molar-refractivity contribution >= 4 is 5.71 Å². The van der Waals surface area contributed by atoms with Gasteiger partial charge in [0, 0.05) is 6.42 Å². The molecule has 3 aromatic rings. The van der Waals surface area contributed by atoms with Crippen molar-refractivity contribution < 1.29 is 19.7 Å². The molecular formula is C22H22N4O6. The number of phenols is 1. The second-order valence-corrected chi connectivity index (χ2v) is 7.25. The average Bonchev–Trinajstić information content (AvgIpc) is 3.27. The maximum atomic E-state index is 12.5. The van der Waals surface area contributed by atoms with Crippen LogP contribution in [0.5, 0.6) is 23.1 Å². The van der Waals surface area contributed by atoms with Gasteiger partial charge in [-0.25, -0.2) is 4.79 Å². The van der Waals surface area contributed by atoms with Gasteiger partial charge in [0.2, 0.25) is 11.6 Å². The monoisotopic (exact) mass is 438 g/mol. The predicted molar refractivity (Wildman–Crippen MR) is 117 cm³/mol. The highest BCUT2D eigenvalue weighted by Gasteiger charge is 2.28. The third-order valence-electron chi connectivity index (χ3n) is 5.30. The van der Waals surface area contributed by atoms with Crippen LogP contribution in [0, 0.1) is 0 Å². The lowest BCUT2D eigenvalue weighted by Gasteiger charge is -2.15. The molecule has 1 aromatic heterocycles. The van der Waals surface area contributed by atoms with E-state index in [2.05, 4.69) is 15.5 Å². The number of rotatable bonds is 6. The van der Waals surface area contributed by atoms with E-state index in [0.717, 1.165) is 10.1 Å². The van der Waals surface area contributed by atoms with Gasteiger partial charge in [0.1, 0.15) is 5.56 Å². The van der Waals surface area contributed by atoms with E-state index < -0.39 is 17.1 Å². The van der Waals surface area contributed by atoms with Gasteiger partial charge in [0.05, 0.1) is 32.5 Å². The molecule has 10 nitrogen and oxygen atoms in total. The molecule has 0 saturated heterocycles. The van der Waals surface area contributed by atoms with E-state index >= 15 is 0 Å². The first kappa shape index (κ1) is 21.0. The molecule has 32 heavy (non-hydrogen) atoms. The first-order chi connectivity index (χ1) is 15.4. The number of aromatic amines is 1. The minimum Gasteiger partial charge on any atom is -0.502 e. The molecule has 4 rings (SSSR count). The molecule has 2 aromatic carbocycles. The Kier molecular flexibility index (Phi) is 5.59. The summed E-state index contributed by atoms with van der Waals surface area (Å²) in [6, 6.07) is 12.0. The molecule has 0 radical (unpaired) electrons. The summed E-state index contributed by atoms with van der Waals surface area (Å²) in [6.07, 6.45) is 0.247. The topological polar surface area (TPSA) is 138 Å². The number of H-pyrrole nitrogens is 1. The third kappa shape index (κ3) is 3.78. The number of nitrogens with zero attached hydrogens (tertiary/aromatic N) is 2.